The summed E-state index contributed by atoms with van der Waals surface area (Å²) in [6, 6.07) is 7.63. The molecule has 2 aliphatic carbocycles. The Hall–Kier alpha value is -2.17. The largest absolute Gasteiger partial charge is 0.352 e. The molecule has 5 heteroatoms. The van der Waals surface area contributed by atoms with E-state index in [9.17, 15) is 9.59 Å². The van der Waals surface area contributed by atoms with Crippen LogP contribution < -0.4 is 10.9 Å². The molecule has 0 bridgehead atoms. The van der Waals surface area contributed by atoms with Crippen molar-refractivity contribution in [1.82, 2.24) is 15.5 Å². The van der Waals surface area contributed by atoms with Crippen LogP contribution in [-0.2, 0) is 11.2 Å². The second-order valence-electron chi connectivity index (χ2n) is 6.49. The van der Waals surface area contributed by atoms with Gasteiger partial charge >= 0.3 is 0 Å². The van der Waals surface area contributed by atoms with Crippen LogP contribution in [0, 0.1) is 11.8 Å². The third-order valence-corrected chi connectivity index (χ3v) is 4.69. The molecule has 0 radical (unpaired) electrons. The Morgan fingerprint density at radius 2 is 1.82 bits per heavy atom. The average molecular weight is 297 g/mol. The van der Waals surface area contributed by atoms with Crippen LogP contribution in [-0.4, -0.2) is 22.1 Å². The molecule has 0 unspecified atom stereocenters. The summed E-state index contributed by atoms with van der Waals surface area (Å²) in [5, 5.41) is 11.1. The van der Waals surface area contributed by atoms with Gasteiger partial charge in [-0.05, 0) is 43.6 Å². The van der Waals surface area contributed by atoms with Gasteiger partial charge < -0.3 is 5.32 Å². The maximum atomic E-state index is 12.4. The molecular weight excluding hydrogens is 278 g/mol. The lowest BCUT2D eigenvalue weighted by atomic mass is 10.1. The Labute approximate surface area is 128 Å². The van der Waals surface area contributed by atoms with Gasteiger partial charge in [-0.25, -0.2) is 5.10 Å². The zero-order chi connectivity index (χ0) is 15.1. The van der Waals surface area contributed by atoms with Gasteiger partial charge in [0.05, 0.1) is 17.5 Å². The first kappa shape index (κ1) is 13.5. The van der Waals surface area contributed by atoms with Crippen LogP contribution in [0.15, 0.2) is 29.1 Å². The summed E-state index contributed by atoms with van der Waals surface area (Å²) < 4.78 is 0. The summed E-state index contributed by atoms with van der Waals surface area (Å²) in [6.45, 7) is 0. The summed E-state index contributed by atoms with van der Waals surface area (Å²) in [7, 11) is 0. The van der Waals surface area contributed by atoms with Crippen LogP contribution in [0.25, 0.3) is 10.8 Å². The van der Waals surface area contributed by atoms with Gasteiger partial charge in [-0.2, -0.15) is 5.10 Å². The van der Waals surface area contributed by atoms with Crippen molar-refractivity contribution in [3.8, 4) is 0 Å². The number of carbonyl (C=O) groups excluding carboxylic acids is 1. The highest BCUT2D eigenvalue weighted by atomic mass is 16.1. The molecule has 0 saturated heterocycles. The van der Waals surface area contributed by atoms with Gasteiger partial charge in [-0.3, -0.25) is 9.59 Å². The smallest absolute Gasteiger partial charge is 0.272 e. The standard InChI is InChI=1S/C17H19N3O2/c21-15(18-16(10-5-6-10)11-7-8-11)9-14-12-3-1-2-4-13(12)17(22)20-19-14/h1-4,10-11,16H,5-9H2,(H,18,21)(H,20,22). The van der Waals surface area contributed by atoms with E-state index in [1.54, 1.807) is 6.07 Å². The molecule has 2 N–H and O–H groups in total. The number of benzene rings is 1. The van der Waals surface area contributed by atoms with E-state index in [0.717, 1.165) is 5.39 Å². The molecule has 2 saturated carbocycles. The molecule has 114 valence electrons. The fraction of sp³-hybridized carbons (Fsp3) is 0.471. The maximum absolute atomic E-state index is 12.4. The van der Waals surface area contributed by atoms with Crippen molar-refractivity contribution in [2.75, 3.05) is 0 Å². The zero-order valence-corrected chi connectivity index (χ0v) is 12.3. The highest BCUT2D eigenvalue weighted by Gasteiger charge is 2.42. The predicted molar refractivity (Wildman–Crippen MR) is 83.4 cm³/mol. The average Bonchev–Trinajstić information content (AvgIpc) is 3.40. The van der Waals surface area contributed by atoms with Crippen molar-refractivity contribution in [3.63, 3.8) is 0 Å². The van der Waals surface area contributed by atoms with Crippen molar-refractivity contribution in [2.24, 2.45) is 11.8 Å². The Morgan fingerprint density at radius 1 is 1.18 bits per heavy atom. The topological polar surface area (TPSA) is 74.8 Å². The van der Waals surface area contributed by atoms with Crippen LogP contribution in [0.5, 0.6) is 0 Å². The van der Waals surface area contributed by atoms with Crippen LogP contribution in [0.3, 0.4) is 0 Å². The van der Waals surface area contributed by atoms with E-state index in [1.165, 1.54) is 25.7 Å². The fourth-order valence-corrected chi connectivity index (χ4v) is 3.23. The number of aromatic nitrogens is 2. The number of hydrogen-bond donors (Lipinski definition) is 2. The summed E-state index contributed by atoms with van der Waals surface area (Å²) in [5.74, 6) is 1.36. The number of aromatic amines is 1. The molecule has 0 aliphatic heterocycles. The summed E-state index contributed by atoms with van der Waals surface area (Å²) in [5.41, 5.74) is 0.423. The number of fused-ring (bicyclic) bond motifs is 1. The summed E-state index contributed by atoms with van der Waals surface area (Å²) in [6.07, 6.45) is 5.17. The van der Waals surface area contributed by atoms with E-state index in [2.05, 4.69) is 15.5 Å². The number of nitrogens with zero attached hydrogens (tertiary/aromatic N) is 1. The van der Waals surface area contributed by atoms with E-state index in [-0.39, 0.29) is 17.9 Å². The Kier molecular flexibility index (Phi) is 3.21. The van der Waals surface area contributed by atoms with Crippen molar-refractivity contribution in [3.05, 3.63) is 40.3 Å². The first-order valence-corrected chi connectivity index (χ1v) is 7.98. The van der Waals surface area contributed by atoms with E-state index in [0.29, 0.717) is 29.0 Å². The highest BCUT2D eigenvalue weighted by Crippen LogP contribution is 2.44. The van der Waals surface area contributed by atoms with E-state index >= 15 is 0 Å². The molecule has 4 rings (SSSR count). The lowest BCUT2D eigenvalue weighted by molar-refractivity contribution is -0.121. The highest BCUT2D eigenvalue weighted by molar-refractivity contribution is 5.88. The third-order valence-electron chi connectivity index (χ3n) is 4.69. The number of rotatable bonds is 5. The van der Waals surface area contributed by atoms with Gasteiger partial charge in [0, 0.05) is 11.4 Å². The summed E-state index contributed by atoms with van der Waals surface area (Å²) >= 11 is 0. The number of carbonyl (C=O) groups is 1. The molecule has 1 aromatic heterocycles. The van der Waals surface area contributed by atoms with Gasteiger partial charge in [0.2, 0.25) is 5.91 Å². The molecule has 5 nitrogen and oxygen atoms in total. The van der Waals surface area contributed by atoms with Gasteiger partial charge in [-0.1, -0.05) is 18.2 Å². The zero-order valence-electron chi connectivity index (χ0n) is 12.3. The fourth-order valence-electron chi connectivity index (χ4n) is 3.23. The van der Waals surface area contributed by atoms with Gasteiger partial charge in [0.25, 0.3) is 5.56 Å². The minimum Gasteiger partial charge on any atom is -0.352 e. The van der Waals surface area contributed by atoms with Crippen molar-refractivity contribution in [2.45, 2.75) is 38.1 Å². The molecule has 22 heavy (non-hydrogen) atoms. The van der Waals surface area contributed by atoms with E-state index in [1.807, 2.05) is 18.2 Å². The minimum atomic E-state index is -0.214. The molecule has 0 atom stereocenters. The van der Waals surface area contributed by atoms with Crippen molar-refractivity contribution in [1.29, 1.82) is 0 Å². The normalized spacial score (nSPS) is 17.9. The number of nitrogens with one attached hydrogen (secondary N) is 2. The lowest BCUT2D eigenvalue weighted by Gasteiger charge is -2.17. The lowest BCUT2D eigenvalue weighted by Crippen LogP contribution is -2.39. The van der Waals surface area contributed by atoms with Crippen molar-refractivity contribution >= 4 is 16.7 Å². The molecule has 1 aromatic carbocycles. The molecular formula is C17H19N3O2. The molecule has 0 spiro atoms. The third kappa shape index (κ3) is 2.63. The molecule has 1 amide bonds. The van der Waals surface area contributed by atoms with Gasteiger partial charge in [0.1, 0.15) is 0 Å². The quantitative estimate of drug-likeness (QED) is 0.883. The number of H-pyrrole nitrogens is 1. The Balaban J connectivity index is 1.54. The molecule has 2 aromatic rings. The Bertz CT molecular complexity index is 763. The predicted octanol–water partition coefficient (Wildman–Crippen LogP) is 1.77. The SMILES string of the molecule is O=C(Cc1n[nH]c(=O)c2ccccc12)NC(C1CC1)C1CC1. The monoisotopic (exact) mass is 297 g/mol. The van der Waals surface area contributed by atoms with Crippen LogP contribution in [0.1, 0.15) is 31.4 Å². The van der Waals surface area contributed by atoms with Gasteiger partial charge in [-0.15, -0.1) is 0 Å². The molecule has 1 heterocycles. The van der Waals surface area contributed by atoms with Crippen LogP contribution in [0.4, 0.5) is 0 Å². The first-order chi connectivity index (χ1) is 10.7. The minimum absolute atomic E-state index is 0.00787. The van der Waals surface area contributed by atoms with Gasteiger partial charge in [0.15, 0.2) is 0 Å². The second kappa shape index (κ2) is 5.23. The Morgan fingerprint density at radius 3 is 2.45 bits per heavy atom. The van der Waals surface area contributed by atoms with E-state index < -0.39 is 0 Å². The first-order valence-electron chi connectivity index (χ1n) is 7.98. The number of amides is 1. The van der Waals surface area contributed by atoms with Crippen LogP contribution >= 0.6 is 0 Å². The van der Waals surface area contributed by atoms with Crippen molar-refractivity contribution < 1.29 is 4.79 Å². The summed E-state index contributed by atoms with van der Waals surface area (Å²) in [4.78, 5) is 24.1. The maximum Gasteiger partial charge on any atom is 0.272 e. The van der Waals surface area contributed by atoms with E-state index in [4.69, 9.17) is 0 Å². The second-order valence-corrected chi connectivity index (χ2v) is 6.49. The molecule has 2 aliphatic rings. The van der Waals surface area contributed by atoms with Crippen LogP contribution in [0.2, 0.25) is 0 Å². The number of hydrogen-bond acceptors (Lipinski definition) is 3. The molecule has 2 fully saturated rings.